The zero-order chi connectivity index (χ0) is 22.2. The highest BCUT2D eigenvalue weighted by atomic mass is 32.1. The molecule has 7 nitrogen and oxygen atoms in total. The molecule has 1 aromatic carbocycles. The number of nitrogens with one attached hydrogen (secondary N) is 1. The molecule has 1 fully saturated rings. The van der Waals surface area contributed by atoms with Crippen molar-refractivity contribution < 1.29 is 19.5 Å². The number of carboxylic acids is 1. The number of carbonyl (C=O) groups is 3. The zero-order valence-electron chi connectivity index (χ0n) is 16.8. The number of benzene rings is 1. The summed E-state index contributed by atoms with van der Waals surface area (Å²) in [5, 5.41) is 13.7. The first kappa shape index (κ1) is 21.2. The normalized spacial score (nSPS) is 15.5. The lowest BCUT2D eigenvalue weighted by atomic mass is 10.1. The van der Waals surface area contributed by atoms with E-state index in [2.05, 4.69) is 11.9 Å². The number of amides is 2. The smallest absolute Gasteiger partial charge is 0.265 e. The van der Waals surface area contributed by atoms with Crippen LogP contribution >= 0.6 is 12.2 Å². The molecule has 0 spiro atoms. The topological polar surface area (TPSA) is 94.5 Å². The fourth-order valence-electron chi connectivity index (χ4n) is 3.48. The number of nitrogens with zero attached hydrogens (tertiary/aromatic N) is 2. The highest BCUT2D eigenvalue weighted by Gasteiger charge is 2.32. The van der Waals surface area contributed by atoms with Crippen LogP contribution in [0.1, 0.15) is 32.9 Å². The molecule has 0 unspecified atom stereocenters. The molecule has 30 heavy (non-hydrogen) atoms. The van der Waals surface area contributed by atoms with Gasteiger partial charge in [0.25, 0.3) is 11.8 Å². The quantitative estimate of drug-likeness (QED) is 0.342. The van der Waals surface area contributed by atoms with Gasteiger partial charge in [-0.3, -0.25) is 19.8 Å². The highest BCUT2D eigenvalue weighted by Crippen LogP contribution is 2.26. The van der Waals surface area contributed by atoms with E-state index in [0.717, 1.165) is 22.6 Å². The van der Waals surface area contributed by atoms with Gasteiger partial charge in [-0.2, -0.15) is 0 Å². The number of hydrogen-bond acceptors (Lipinski definition) is 5. The maximum atomic E-state index is 12.8. The number of carbonyl (C=O) groups excluding carboxylic acids is 3. The molecule has 2 aromatic rings. The van der Waals surface area contributed by atoms with Crippen molar-refractivity contribution in [3.63, 3.8) is 0 Å². The summed E-state index contributed by atoms with van der Waals surface area (Å²) in [6.45, 7) is 9.37. The van der Waals surface area contributed by atoms with E-state index in [0.29, 0.717) is 5.56 Å². The summed E-state index contributed by atoms with van der Waals surface area (Å²) in [4.78, 5) is 37.5. The number of thiocarbonyl (C=S) groups is 1. The molecule has 3 rings (SSSR count). The van der Waals surface area contributed by atoms with Gasteiger partial charge >= 0.3 is 0 Å². The lowest BCUT2D eigenvalue weighted by molar-refractivity contribution is -0.255. The van der Waals surface area contributed by atoms with Crippen LogP contribution in [0.25, 0.3) is 11.8 Å². The molecular weight excluding hydrogens is 402 g/mol. The molecule has 0 radical (unpaired) electrons. The van der Waals surface area contributed by atoms with Crippen molar-refractivity contribution in [3.8, 4) is 5.69 Å². The van der Waals surface area contributed by atoms with Gasteiger partial charge in [0.15, 0.2) is 5.11 Å². The van der Waals surface area contributed by atoms with Crippen molar-refractivity contribution in [1.29, 1.82) is 0 Å². The van der Waals surface area contributed by atoms with Gasteiger partial charge in [0.2, 0.25) is 0 Å². The molecule has 1 N–H and O–H groups in total. The Labute approximate surface area is 179 Å². The molecule has 1 aliphatic rings. The molecule has 1 aromatic heterocycles. The number of aryl methyl sites for hydroxylation is 2. The van der Waals surface area contributed by atoms with E-state index in [1.54, 1.807) is 18.2 Å². The minimum Gasteiger partial charge on any atom is -0.545 e. The van der Waals surface area contributed by atoms with E-state index >= 15 is 0 Å². The molecule has 0 atom stereocenters. The van der Waals surface area contributed by atoms with Crippen molar-refractivity contribution in [2.24, 2.45) is 0 Å². The molecule has 0 aliphatic carbocycles. The van der Waals surface area contributed by atoms with Gasteiger partial charge in [-0.05, 0) is 74.0 Å². The Balaban J connectivity index is 2.07. The first-order valence-electron chi connectivity index (χ1n) is 9.16. The SMILES string of the molecule is C=CCN1C(=O)/C(=C\c2cc(C)n(-c3ccc(C(=O)[O-])cc3C)c2C)C(=O)NC1=S. The van der Waals surface area contributed by atoms with Crippen LogP contribution < -0.4 is 10.4 Å². The van der Waals surface area contributed by atoms with Crippen LogP contribution in [0.5, 0.6) is 0 Å². The van der Waals surface area contributed by atoms with Gasteiger partial charge in [-0.25, -0.2) is 0 Å². The number of hydrogen-bond donors (Lipinski definition) is 1. The molecule has 154 valence electrons. The minimum absolute atomic E-state index is 0.0188. The number of carboxylic acid groups (broad SMARTS) is 1. The van der Waals surface area contributed by atoms with Gasteiger partial charge in [0.1, 0.15) is 5.57 Å². The second kappa shape index (κ2) is 8.08. The second-order valence-corrected chi connectivity index (χ2v) is 7.36. The Morgan fingerprint density at radius 1 is 1.23 bits per heavy atom. The molecule has 0 saturated carbocycles. The Morgan fingerprint density at radius 3 is 2.53 bits per heavy atom. The summed E-state index contributed by atoms with van der Waals surface area (Å²) >= 11 is 5.07. The largest absolute Gasteiger partial charge is 0.545 e. The van der Waals surface area contributed by atoms with Gasteiger partial charge in [0, 0.05) is 23.6 Å². The molecule has 8 heteroatoms. The predicted molar refractivity (Wildman–Crippen MR) is 115 cm³/mol. The second-order valence-electron chi connectivity index (χ2n) is 6.97. The van der Waals surface area contributed by atoms with Crippen LogP contribution in [-0.2, 0) is 9.59 Å². The Kier molecular flexibility index (Phi) is 5.71. The van der Waals surface area contributed by atoms with Crippen molar-refractivity contribution in [1.82, 2.24) is 14.8 Å². The highest BCUT2D eigenvalue weighted by molar-refractivity contribution is 7.80. The standard InChI is InChI=1S/C22H21N3O4S/c1-5-8-24-20(27)17(19(26)23-22(24)30)11-16-10-13(3)25(14(16)4)18-7-6-15(21(28)29)9-12(18)2/h5-7,9-11H,1,8H2,2-4H3,(H,28,29)(H,23,26,30)/p-1/b17-11-. The Hall–Kier alpha value is -3.52. The fourth-order valence-corrected chi connectivity index (χ4v) is 3.73. The van der Waals surface area contributed by atoms with E-state index in [-0.39, 0.29) is 22.8 Å². The van der Waals surface area contributed by atoms with E-state index in [9.17, 15) is 19.5 Å². The molecule has 2 amide bonds. The maximum Gasteiger partial charge on any atom is 0.265 e. The van der Waals surface area contributed by atoms with Crippen molar-refractivity contribution >= 4 is 41.2 Å². The van der Waals surface area contributed by atoms with E-state index < -0.39 is 17.8 Å². The predicted octanol–water partition coefficient (Wildman–Crippen LogP) is 1.58. The van der Waals surface area contributed by atoms with E-state index in [1.807, 2.05) is 31.4 Å². The molecule has 0 bridgehead atoms. The molecule has 2 heterocycles. The first-order chi connectivity index (χ1) is 14.1. The summed E-state index contributed by atoms with van der Waals surface area (Å²) in [7, 11) is 0. The van der Waals surface area contributed by atoms with Gasteiger partial charge in [-0.1, -0.05) is 12.1 Å². The first-order valence-corrected chi connectivity index (χ1v) is 9.57. The summed E-state index contributed by atoms with van der Waals surface area (Å²) < 4.78 is 1.94. The van der Waals surface area contributed by atoms with Crippen LogP contribution in [0.4, 0.5) is 0 Å². The maximum absolute atomic E-state index is 12.8. The van der Waals surface area contributed by atoms with Crippen molar-refractivity contribution in [2.45, 2.75) is 20.8 Å². The number of aromatic carboxylic acids is 1. The van der Waals surface area contributed by atoms with E-state index in [4.69, 9.17) is 12.2 Å². The monoisotopic (exact) mass is 422 g/mol. The van der Waals surface area contributed by atoms with Crippen LogP contribution in [0.2, 0.25) is 0 Å². The lowest BCUT2D eigenvalue weighted by Crippen LogP contribution is -2.53. The van der Waals surface area contributed by atoms with E-state index in [1.165, 1.54) is 17.0 Å². The fraction of sp³-hybridized carbons (Fsp3) is 0.182. The van der Waals surface area contributed by atoms with Gasteiger partial charge in [-0.15, -0.1) is 6.58 Å². The minimum atomic E-state index is -1.24. The summed E-state index contributed by atoms with van der Waals surface area (Å²) in [5.74, 6) is -2.27. The number of rotatable bonds is 5. The van der Waals surface area contributed by atoms with Crippen molar-refractivity contribution in [3.05, 3.63) is 70.6 Å². The third-order valence-electron chi connectivity index (χ3n) is 4.94. The van der Waals surface area contributed by atoms with Crippen LogP contribution in [0.15, 0.2) is 42.5 Å². The van der Waals surface area contributed by atoms with Crippen LogP contribution in [0.3, 0.4) is 0 Å². The lowest BCUT2D eigenvalue weighted by Gasteiger charge is -2.27. The Morgan fingerprint density at radius 2 is 1.93 bits per heavy atom. The summed E-state index contributed by atoms with van der Waals surface area (Å²) in [5.41, 5.74) is 4.00. The van der Waals surface area contributed by atoms with Crippen LogP contribution in [-0.4, -0.2) is 38.9 Å². The third-order valence-corrected chi connectivity index (χ3v) is 5.26. The Bertz CT molecular complexity index is 1140. The average Bonchev–Trinajstić information content (AvgIpc) is 2.95. The molecular formula is C22H20N3O4S-. The van der Waals surface area contributed by atoms with Gasteiger partial charge < -0.3 is 14.5 Å². The molecule has 1 saturated heterocycles. The molecule has 1 aliphatic heterocycles. The average molecular weight is 422 g/mol. The van der Waals surface area contributed by atoms with Gasteiger partial charge in [0.05, 0.1) is 5.97 Å². The van der Waals surface area contributed by atoms with Crippen molar-refractivity contribution in [2.75, 3.05) is 6.54 Å². The summed E-state index contributed by atoms with van der Waals surface area (Å²) in [6, 6.07) is 6.61. The summed E-state index contributed by atoms with van der Waals surface area (Å²) in [6.07, 6.45) is 3.07. The number of aromatic nitrogens is 1. The zero-order valence-corrected chi connectivity index (χ0v) is 17.6. The van der Waals surface area contributed by atoms with Crippen LogP contribution in [0, 0.1) is 20.8 Å². The third kappa shape index (κ3) is 3.69.